The van der Waals surface area contributed by atoms with Crippen molar-refractivity contribution >= 4 is 5.57 Å². The Balaban J connectivity index is 1.43. The van der Waals surface area contributed by atoms with Crippen LogP contribution >= 0.6 is 0 Å². The highest BCUT2D eigenvalue weighted by atomic mass is 19.2. The Morgan fingerprint density at radius 2 is 1.42 bits per heavy atom. The first-order valence-electron chi connectivity index (χ1n) is 12.6. The molecule has 0 fully saturated rings. The molecule has 8 heteroatoms. The van der Waals surface area contributed by atoms with Gasteiger partial charge in [0.25, 0.3) is 0 Å². The molecular weight excluding hydrogens is 506 g/mol. The first kappa shape index (κ1) is 27.8. The minimum atomic E-state index is -1.32. The van der Waals surface area contributed by atoms with Gasteiger partial charge in [-0.05, 0) is 55.9 Å². The molecule has 0 radical (unpaired) electrons. The molecule has 1 aliphatic carbocycles. The van der Waals surface area contributed by atoms with Crippen LogP contribution in [0.4, 0.5) is 26.3 Å². The standard InChI is InChI=1S/C30H28F6O2/c1-3-4-15-37-24-14-13-23(29(35)30(24)36)22-12-8-19(26(32)28(22)34)16-38-20-9-6-18(7-10-20)21-11-5-17(2)25(31)27(21)33/h5-6,8,11-14,20H,3-4,7,9-10,15-16H2,1-2H3. The summed E-state index contributed by atoms with van der Waals surface area (Å²) in [5, 5.41) is 0. The van der Waals surface area contributed by atoms with Crippen LogP contribution in [0.1, 0.15) is 55.7 Å². The fourth-order valence-electron chi connectivity index (χ4n) is 4.39. The molecule has 0 heterocycles. The Bertz CT molecular complexity index is 1350. The molecule has 4 rings (SSSR count). The summed E-state index contributed by atoms with van der Waals surface area (Å²) in [6.07, 6.45) is 4.22. The average Bonchev–Trinajstić information content (AvgIpc) is 2.92. The van der Waals surface area contributed by atoms with E-state index < -0.39 is 46.0 Å². The van der Waals surface area contributed by atoms with Crippen molar-refractivity contribution in [3.05, 3.63) is 94.1 Å². The number of aryl methyl sites for hydroxylation is 1. The lowest BCUT2D eigenvalue weighted by molar-refractivity contribution is 0.0342. The summed E-state index contributed by atoms with van der Waals surface area (Å²) in [5.74, 6) is -7.16. The van der Waals surface area contributed by atoms with Crippen LogP contribution in [0, 0.1) is 41.8 Å². The highest BCUT2D eigenvalue weighted by Crippen LogP contribution is 2.34. The minimum Gasteiger partial charge on any atom is -0.490 e. The first-order valence-corrected chi connectivity index (χ1v) is 12.6. The first-order chi connectivity index (χ1) is 18.2. The SMILES string of the molecule is CCCCOc1ccc(-c2ccc(COC3CC=C(c4ccc(C)c(F)c4F)CC3)c(F)c2F)c(F)c1F. The maximum absolute atomic E-state index is 14.9. The van der Waals surface area contributed by atoms with Gasteiger partial charge in [-0.1, -0.05) is 43.7 Å². The number of rotatable bonds is 9. The molecule has 2 nitrogen and oxygen atoms in total. The van der Waals surface area contributed by atoms with E-state index in [9.17, 15) is 26.3 Å². The lowest BCUT2D eigenvalue weighted by atomic mass is 9.91. The van der Waals surface area contributed by atoms with Crippen LogP contribution < -0.4 is 4.74 Å². The van der Waals surface area contributed by atoms with Crippen molar-refractivity contribution in [3.8, 4) is 16.9 Å². The number of hydrogen-bond acceptors (Lipinski definition) is 2. The summed E-state index contributed by atoms with van der Waals surface area (Å²) in [4.78, 5) is 0. The Morgan fingerprint density at radius 1 is 0.763 bits per heavy atom. The van der Waals surface area contributed by atoms with Crippen LogP contribution in [0.5, 0.6) is 5.75 Å². The fourth-order valence-corrected chi connectivity index (χ4v) is 4.39. The molecule has 38 heavy (non-hydrogen) atoms. The molecule has 1 atom stereocenters. The van der Waals surface area contributed by atoms with Gasteiger partial charge in [-0.2, -0.15) is 4.39 Å². The molecule has 3 aromatic carbocycles. The van der Waals surface area contributed by atoms with Crippen LogP contribution in [-0.2, 0) is 11.3 Å². The fraction of sp³-hybridized carbons (Fsp3) is 0.333. The second-order valence-electron chi connectivity index (χ2n) is 9.34. The van der Waals surface area contributed by atoms with Gasteiger partial charge in [-0.3, -0.25) is 0 Å². The van der Waals surface area contributed by atoms with E-state index in [1.165, 1.54) is 31.2 Å². The molecular formula is C30H28F6O2. The number of unbranched alkanes of at least 4 members (excludes halogenated alkanes) is 1. The molecule has 0 aliphatic heterocycles. The molecule has 0 saturated carbocycles. The molecule has 0 N–H and O–H groups in total. The second kappa shape index (κ2) is 12.1. The van der Waals surface area contributed by atoms with Gasteiger partial charge in [-0.15, -0.1) is 0 Å². The van der Waals surface area contributed by atoms with Crippen molar-refractivity contribution < 1.29 is 35.8 Å². The van der Waals surface area contributed by atoms with E-state index in [1.807, 2.05) is 6.92 Å². The summed E-state index contributed by atoms with van der Waals surface area (Å²) in [6, 6.07) is 7.86. The molecule has 0 aromatic heterocycles. The largest absolute Gasteiger partial charge is 0.490 e. The number of halogens is 6. The van der Waals surface area contributed by atoms with Crippen LogP contribution in [-0.4, -0.2) is 12.7 Å². The van der Waals surface area contributed by atoms with Gasteiger partial charge in [0.05, 0.1) is 19.3 Å². The third-order valence-corrected chi connectivity index (χ3v) is 6.71. The van der Waals surface area contributed by atoms with E-state index in [0.29, 0.717) is 31.3 Å². The van der Waals surface area contributed by atoms with Gasteiger partial charge < -0.3 is 9.47 Å². The molecule has 1 unspecified atom stereocenters. The molecule has 3 aromatic rings. The van der Waals surface area contributed by atoms with E-state index in [0.717, 1.165) is 12.5 Å². The van der Waals surface area contributed by atoms with E-state index in [1.54, 1.807) is 12.1 Å². The number of hydrogen-bond donors (Lipinski definition) is 0. The molecule has 0 saturated heterocycles. The summed E-state index contributed by atoms with van der Waals surface area (Å²) in [7, 11) is 0. The van der Waals surface area contributed by atoms with Crippen molar-refractivity contribution in [3.63, 3.8) is 0 Å². The Labute approximate surface area is 217 Å². The van der Waals surface area contributed by atoms with Gasteiger partial charge in [0.1, 0.15) is 0 Å². The summed E-state index contributed by atoms with van der Waals surface area (Å²) in [5.41, 5.74) is 0.191. The van der Waals surface area contributed by atoms with Gasteiger partial charge in [-0.25, -0.2) is 22.0 Å². The van der Waals surface area contributed by atoms with Crippen LogP contribution in [0.25, 0.3) is 16.7 Å². The minimum absolute atomic E-state index is 0.0759. The highest BCUT2D eigenvalue weighted by molar-refractivity contribution is 5.68. The Morgan fingerprint density at radius 3 is 2.11 bits per heavy atom. The Kier molecular flexibility index (Phi) is 8.82. The lowest BCUT2D eigenvalue weighted by Crippen LogP contribution is -2.16. The smallest absolute Gasteiger partial charge is 0.201 e. The van der Waals surface area contributed by atoms with Crippen molar-refractivity contribution in [2.24, 2.45) is 0 Å². The summed E-state index contributed by atoms with van der Waals surface area (Å²) < 4.78 is 98.0. The van der Waals surface area contributed by atoms with Crippen molar-refractivity contribution in [1.82, 2.24) is 0 Å². The van der Waals surface area contributed by atoms with E-state index in [2.05, 4.69) is 0 Å². The molecule has 0 spiro atoms. The molecule has 202 valence electrons. The van der Waals surface area contributed by atoms with Gasteiger partial charge >= 0.3 is 0 Å². The highest BCUT2D eigenvalue weighted by Gasteiger charge is 2.23. The van der Waals surface area contributed by atoms with Crippen molar-refractivity contribution in [2.45, 2.75) is 58.7 Å². The number of benzene rings is 3. The van der Waals surface area contributed by atoms with Crippen LogP contribution in [0.15, 0.2) is 42.5 Å². The van der Waals surface area contributed by atoms with Gasteiger partial charge in [0, 0.05) is 22.3 Å². The normalized spacial score (nSPS) is 15.5. The maximum Gasteiger partial charge on any atom is 0.201 e. The lowest BCUT2D eigenvalue weighted by Gasteiger charge is -2.23. The van der Waals surface area contributed by atoms with E-state index >= 15 is 0 Å². The Hall–Kier alpha value is -3.26. The van der Waals surface area contributed by atoms with Crippen molar-refractivity contribution in [2.75, 3.05) is 6.61 Å². The monoisotopic (exact) mass is 534 g/mol. The van der Waals surface area contributed by atoms with Crippen molar-refractivity contribution in [1.29, 1.82) is 0 Å². The van der Waals surface area contributed by atoms with E-state index in [-0.39, 0.29) is 41.8 Å². The molecule has 1 aliphatic rings. The second-order valence-corrected chi connectivity index (χ2v) is 9.34. The average molecular weight is 535 g/mol. The van der Waals surface area contributed by atoms with Crippen LogP contribution in [0.2, 0.25) is 0 Å². The zero-order valence-corrected chi connectivity index (χ0v) is 21.2. The molecule has 0 bridgehead atoms. The van der Waals surface area contributed by atoms with Crippen LogP contribution in [0.3, 0.4) is 0 Å². The van der Waals surface area contributed by atoms with Gasteiger partial charge in [0.2, 0.25) is 5.82 Å². The predicted molar refractivity (Wildman–Crippen MR) is 134 cm³/mol. The third-order valence-electron chi connectivity index (χ3n) is 6.71. The molecule has 0 amide bonds. The predicted octanol–water partition coefficient (Wildman–Crippen LogP) is 8.83. The number of allylic oxidation sites excluding steroid dienone is 1. The quantitative estimate of drug-likeness (QED) is 0.202. The third kappa shape index (κ3) is 5.75. The summed E-state index contributed by atoms with van der Waals surface area (Å²) in [6.45, 7) is 3.38. The zero-order valence-electron chi connectivity index (χ0n) is 21.2. The maximum atomic E-state index is 14.9. The van der Waals surface area contributed by atoms with E-state index in [4.69, 9.17) is 9.47 Å². The van der Waals surface area contributed by atoms with Gasteiger partial charge in [0.15, 0.2) is 34.8 Å². The number of ether oxygens (including phenoxy) is 2. The summed E-state index contributed by atoms with van der Waals surface area (Å²) >= 11 is 0. The topological polar surface area (TPSA) is 18.5 Å². The zero-order chi connectivity index (χ0) is 27.4.